The van der Waals surface area contributed by atoms with Gasteiger partial charge in [0.05, 0.1) is 6.54 Å². The van der Waals surface area contributed by atoms with Crippen LogP contribution in [0.4, 0.5) is 0 Å². The Morgan fingerprint density at radius 3 is 2.74 bits per heavy atom. The number of hydrogen-bond acceptors (Lipinski definition) is 5. The summed E-state index contributed by atoms with van der Waals surface area (Å²) in [6.07, 6.45) is 2.37. The van der Waals surface area contributed by atoms with E-state index in [2.05, 4.69) is 66.8 Å². The van der Waals surface area contributed by atoms with Gasteiger partial charge in [-0.05, 0) is 48.5 Å². The van der Waals surface area contributed by atoms with Crippen LogP contribution in [0.15, 0.2) is 41.8 Å². The Labute approximate surface area is 164 Å². The van der Waals surface area contributed by atoms with Gasteiger partial charge in [0.25, 0.3) is 0 Å². The standard InChI is InChI=1S/C21H25N5S/c1-2-4-16(5-3-1)18-12-19(27-15-18)14-25-9-6-17(7-10-25)21-24-23-20-13-22-8-11-26(20)21/h1-5,12,15,17,22H,6-11,13-14H2. The first-order valence-electron chi connectivity index (χ1n) is 9.85. The maximum absolute atomic E-state index is 4.52. The smallest absolute Gasteiger partial charge is 0.147 e. The summed E-state index contributed by atoms with van der Waals surface area (Å²) in [4.78, 5) is 4.05. The van der Waals surface area contributed by atoms with Crippen LogP contribution >= 0.6 is 11.3 Å². The van der Waals surface area contributed by atoms with Gasteiger partial charge in [-0.2, -0.15) is 0 Å². The molecule has 2 aliphatic rings. The lowest BCUT2D eigenvalue weighted by Gasteiger charge is -2.31. The number of nitrogens with zero attached hydrogens (tertiary/aromatic N) is 4. The molecule has 1 N–H and O–H groups in total. The van der Waals surface area contributed by atoms with E-state index in [0.29, 0.717) is 5.92 Å². The highest BCUT2D eigenvalue weighted by Gasteiger charge is 2.27. The second-order valence-corrected chi connectivity index (χ2v) is 8.52. The fourth-order valence-electron chi connectivity index (χ4n) is 4.23. The summed E-state index contributed by atoms with van der Waals surface area (Å²) >= 11 is 1.88. The van der Waals surface area contributed by atoms with Gasteiger partial charge < -0.3 is 9.88 Å². The Balaban J connectivity index is 1.20. The van der Waals surface area contributed by atoms with Crippen LogP contribution in [-0.2, 0) is 19.6 Å². The van der Waals surface area contributed by atoms with Gasteiger partial charge in [-0.15, -0.1) is 21.5 Å². The summed E-state index contributed by atoms with van der Waals surface area (Å²) in [6, 6.07) is 13.0. The fraction of sp³-hybridized carbons (Fsp3) is 0.429. The van der Waals surface area contributed by atoms with Crippen LogP contribution in [0.2, 0.25) is 0 Å². The third-order valence-corrected chi connectivity index (χ3v) is 6.67. The van der Waals surface area contributed by atoms with Crippen LogP contribution < -0.4 is 5.32 Å². The molecule has 1 saturated heterocycles. The number of likely N-dealkylation sites (tertiary alicyclic amines) is 1. The van der Waals surface area contributed by atoms with Crippen molar-refractivity contribution in [3.05, 3.63) is 58.3 Å². The van der Waals surface area contributed by atoms with Crippen molar-refractivity contribution in [1.82, 2.24) is 25.0 Å². The molecule has 0 amide bonds. The molecule has 0 unspecified atom stereocenters. The van der Waals surface area contributed by atoms with E-state index in [-0.39, 0.29) is 0 Å². The summed E-state index contributed by atoms with van der Waals surface area (Å²) < 4.78 is 2.35. The predicted molar refractivity (Wildman–Crippen MR) is 109 cm³/mol. The van der Waals surface area contributed by atoms with E-state index in [9.17, 15) is 0 Å². The molecule has 0 spiro atoms. The lowest BCUT2D eigenvalue weighted by Crippen LogP contribution is -2.34. The molecule has 0 atom stereocenters. The minimum atomic E-state index is 0.559. The van der Waals surface area contributed by atoms with Gasteiger partial charge in [-0.3, -0.25) is 4.90 Å². The van der Waals surface area contributed by atoms with Crippen molar-refractivity contribution in [2.75, 3.05) is 19.6 Å². The quantitative estimate of drug-likeness (QED) is 0.754. The molecule has 27 heavy (non-hydrogen) atoms. The van der Waals surface area contributed by atoms with E-state index < -0.39 is 0 Å². The number of fused-ring (bicyclic) bond motifs is 1. The number of nitrogens with one attached hydrogen (secondary N) is 1. The lowest BCUT2D eigenvalue weighted by molar-refractivity contribution is 0.201. The van der Waals surface area contributed by atoms with E-state index in [1.54, 1.807) is 0 Å². The monoisotopic (exact) mass is 379 g/mol. The molecule has 0 radical (unpaired) electrons. The molecule has 6 heteroatoms. The van der Waals surface area contributed by atoms with Gasteiger partial charge in [0, 0.05) is 30.4 Å². The topological polar surface area (TPSA) is 46.0 Å². The van der Waals surface area contributed by atoms with E-state index in [1.807, 2.05) is 11.3 Å². The van der Waals surface area contributed by atoms with E-state index in [1.165, 1.54) is 34.7 Å². The van der Waals surface area contributed by atoms with Gasteiger partial charge >= 0.3 is 0 Å². The Hall–Kier alpha value is -2.02. The van der Waals surface area contributed by atoms with Gasteiger partial charge in [-0.25, -0.2) is 0 Å². The zero-order chi connectivity index (χ0) is 18.1. The molecule has 0 bridgehead atoms. The molecular weight excluding hydrogens is 354 g/mol. The van der Waals surface area contributed by atoms with Gasteiger partial charge in [0.15, 0.2) is 0 Å². The number of rotatable bonds is 4. The SMILES string of the molecule is c1ccc(-c2csc(CN3CCC(c4nnc5n4CCNC5)CC3)c2)cc1. The van der Waals surface area contributed by atoms with Crippen molar-refractivity contribution in [1.29, 1.82) is 0 Å². The molecule has 1 fully saturated rings. The molecule has 2 aromatic heterocycles. The first-order chi connectivity index (χ1) is 13.4. The van der Waals surface area contributed by atoms with Crippen LogP contribution in [0.25, 0.3) is 11.1 Å². The van der Waals surface area contributed by atoms with Gasteiger partial charge in [0.2, 0.25) is 0 Å². The van der Waals surface area contributed by atoms with E-state index in [0.717, 1.165) is 45.1 Å². The summed E-state index contributed by atoms with van der Waals surface area (Å²) in [7, 11) is 0. The molecular formula is C21H25N5S. The normalized spacial score (nSPS) is 18.5. The number of thiophene rings is 1. The average molecular weight is 380 g/mol. The zero-order valence-corrected chi connectivity index (χ0v) is 16.3. The van der Waals surface area contributed by atoms with Crippen LogP contribution in [0.3, 0.4) is 0 Å². The Morgan fingerprint density at radius 2 is 1.89 bits per heavy atom. The minimum absolute atomic E-state index is 0.559. The van der Waals surface area contributed by atoms with Crippen molar-refractivity contribution >= 4 is 11.3 Å². The molecule has 2 aliphatic heterocycles. The highest BCUT2D eigenvalue weighted by Crippen LogP contribution is 2.30. The van der Waals surface area contributed by atoms with Crippen LogP contribution in [0.5, 0.6) is 0 Å². The number of hydrogen-bond donors (Lipinski definition) is 1. The average Bonchev–Trinajstić information content (AvgIpc) is 3.37. The van der Waals surface area contributed by atoms with E-state index in [4.69, 9.17) is 0 Å². The predicted octanol–water partition coefficient (Wildman–Crippen LogP) is 3.49. The Morgan fingerprint density at radius 1 is 1.04 bits per heavy atom. The molecule has 0 saturated carbocycles. The highest BCUT2D eigenvalue weighted by molar-refractivity contribution is 7.10. The Bertz CT molecular complexity index is 892. The molecule has 0 aliphatic carbocycles. The molecule has 140 valence electrons. The van der Waals surface area contributed by atoms with Gasteiger partial charge in [-0.1, -0.05) is 30.3 Å². The first-order valence-corrected chi connectivity index (χ1v) is 10.7. The van der Waals surface area contributed by atoms with Crippen LogP contribution in [0, 0.1) is 0 Å². The molecule has 5 nitrogen and oxygen atoms in total. The number of piperidine rings is 1. The van der Waals surface area contributed by atoms with Crippen LogP contribution in [0.1, 0.15) is 35.3 Å². The molecule has 5 rings (SSSR count). The lowest BCUT2D eigenvalue weighted by atomic mass is 9.95. The maximum Gasteiger partial charge on any atom is 0.147 e. The summed E-state index contributed by atoms with van der Waals surface area (Å²) in [6.45, 7) is 6.24. The van der Waals surface area contributed by atoms with Gasteiger partial charge in [0.1, 0.15) is 11.6 Å². The third-order valence-electron chi connectivity index (χ3n) is 5.74. The van der Waals surface area contributed by atoms with Crippen molar-refractivity contribution in [3.8, 4) is 11.1 Å². The molecule has 1 aromatic carbocycles. The first kappa shape index (κ1) is 17.1. The van der Waals surface area contributed by atoms with Crippen molar-refractivity contribution < 1.29 is 0 Å². The second kappa shape index (κ2) is 7.54. The second-order valence-electron chi connectivity index (χ2n) is 7.52. The summed E-state index contributed by atoms with van der Waals surface area (Å²) in [5.74, 6) is 2.88. The highest BCUT2D eigenvalue weighted by atomic mass is 32.1. The van der Waals surface area contributed by atoms with Crippen molar-refractivity contribution in [2.45, 2.75) is 38.4 Å². The maximum atomic E-state index is 4.52. The summed E-state index contributed by atoms with van der Waals surface area (Å²) in [5.41, 5.74) is 2.65. The van der Waals surface area contributed by atoms with Crippen molar-refractivity contribution in [3.63, 3.8) is 0 Å². The number of benzene rings is 1. The Kier molecular flexibility index (Phi) is 4.78. The van der Waals surface area contributed by atoms with Crippen LogP contribution in [-0.4, -0.2) is 39.3 Å². The number of aromatic nitrogens is 3. The molecule has 3 aromatic rings. The minimum Gasteiger partial charge on any atom is -0.312 e. The largest absolute Gasteiger partial charge is 0.312 e. The molecule has 4 heterocycles. The fourth-order valence-corrected chi connectivity index (χ4v) is 5.17. The summed E-state index contributed by atoms with van der Waals surface area (Å²) in [5, 5.41) is 14.6. The third kappa shape index (κ3) is 3.57. The van der Waals surface area contributed by atoms with E-state index >= 15 is 0 Å². The zero-order valence-electron chi connectivity index (χ0n) is 15.5. The van der Waals surface area contributed by atoms with Crippen molar-refractivity contribution in [2.24, 2.45) is 0 Å².